The molecule has 5 nitrogen and oxygen atoms in total. The Bertz CT molecular complexity index is 1050. The molecule has 2 aromatic heterocycles. The van der Waals surface area contributed by atoms with Crippen LogP contribution in [-0.4, -0.2) is 19.7 Å². The molecule has 0 atom stereocenters. The fraction of sp³-hybridized carbons (Fsp3) is 0.105. The summed E-state index contributed by atoms with van der Waals surface area (Å²) in [5.74, 6) is 0. The highest BCUT2D eigenvalue weighted by Gasteiger charge is 2.06. The molecule has 118 valence electrons. The summed E-state index contributed by atoms with van der Waals surface area (Å²) in [6, 6.07) is 15.9. The van der Waals surface area contributed by atoms with Crippen LogP contribution in [-0.2, 0) is 6.54 Å². The van der Waals surface area contributed by atoms with E-state index in [1.165, 1.54) is 6.33 Å². The van der Waals surface area contributed by atoms with E-state index in [2.05, 4.69) is 15.1 Å². The van der Waals surface area contributed by atoms with Crippen LogP contribution in [0.15, 0.2) is 66.0 Å². The molecular weight excluding hydrogens is 300 g/mol. The zero-order valence-electron chi connectivity index (χ0n) is 13.2. The summed E-state index contributed by atoms with van der Waals surface area (Å²) in [6.45, 7) is 2.69. The van der Waals surface area contributed by atoms with Crippen molar-refractivity contribution in [2.24, 2.45) is 0 Å². The molecule has 0 bridgehead atoms. The van der Waals surface area contributed by atoms with Gasteiger partial charge < -0.3 is 4.98 Å². The quantitative estimate of drug-likeness (QED) is 0.631. The second-order valence-electron chi connectivity index (χ2n) is 5.84. The molecule has 0 unspecified atom stereocenters. The molecule has 0 radical (unpaired) electrons. The Kier molecular flexibility index (Phi) is 3.46. The van der Waals surface area contributed by atoms with E-state index in [1.807, 2.05) is 55.5 Å². The van der Waals surface area contributed by atoms with Gasteiger partial charge in [-0.05, 0) is 41.1 Å². The average molecular weight is 316 g/mol. The van der Waals surface area contributed by atoms with Gasteiger partial charge in [0.1, 0.15) is 12.7 Å². The number of benzene rings is 2. The molecule has 0 aliphatic rings. The number of aromatic amines is 1. The van der Waals surface area contributed by atoms with E-state index in [0.29, 0.717) is 6.54 Å². The minimum Gasteiger partial charge on any atom is -0.321 e. The third kappa shape index (κ3) is 2.60. The molecule has 5 heteroatoms. The lowest BCUT2D eigenvalue weighted by molar-refractivity contribution is 0.685. The maximum Gasteiger partial charge on any atom is 0.256 e. The lowest BCUT2D eigenvalue weighted by atomic mass is 10.0. The largest absolute Gasteiger partial charge is 0.321 e. The standard InChI is InChI=1S/C19H16N4O/c1-13-3-2-4-16-17(13)9-18(22-19(16)24)15-7-5-14(6-8-15)10-23-12-20-11-21-23/h2-9,11-12H,10H2,1H3,(H,22,24). The maximum atomic E-state index is 12.3. The summed E-state index contributed by atoms with van der Waals surface area (Å²) in [7, 11) is 0. The molecule has 0 spiro atoms. The number of H-pyrrole nitrogens is 1. The van der Waals surface area contributed by atoms with Crippen LogP contribution in [0.5, 0.6) is 0 Å². The van der Waals surface area contributed by atoms with E-state index in [4.69, 9.17) is 0 Å². The van der Waals surface area contributed by atoms with Crippen molar-refractivity contribution in [2.75, 3.05) is 0 Å². The summed E-state index contributed by atoms with van der Waals surface area (Å²) in [5, 5.41) is 5.82. The Morgan fingerprint density at radius 3 is 2.67 bits per heavy atom. The molecule has 0 fully saturated rings. The fourth-order valence-corrected chi connectivity index (χ4v) is 2.89. The van der Waals surface area contributed by atoms with Crippen molar-refractivity contribution in [2.45, 2.75) is 13.5 Å². The lowest BCUT2D eigenvalue weighted by Gasteiger charge is -2.07. The Labute approximate surface area is 138 Å². The van der Waals surface area contributed by atoms with Crippen LogP contribution in [0.4, 0.5) is 0 Å². The Balaban J connectivity index is 1.72. The average Bonchev–Trinajstić information content (AvgIpc) is 3.09. The molecular formula is C19H16N4O. The first-order chi connectivity index (χ1) is 11.7. The smallest absolute Gasteiger partial charge is 0.256 e. The molecule has 2 heterocycles. The predicted octanol–water partition coefficient (Wildman–Crippen LogP) is 3.14. The second-order valence-corrected chi connectivity index (χ2v) is 5.84. The van der Waals surface area contributed by atoms with E-state index in [0.717, 1.165) is 33.2 Å². The van der Waals surface area contributed by atoms with E-state index < -0.39 is 0 Å². The molecule has 0 saturated heterocycles. The van der Waals surface area contributed by atoms with Crippen LogP contribution < -0.4 is 5.56 Å². The molecule has 0 saturated carbocycles. The SMILES string of the molecule is Cc1cccc2c(=O)[nH]c(-c3ccc(Cn4cncn4)cc3)cc12. The van der Waals surface area contributed by atoms with Gasteiger partial charge in [0.25, 0.3) is 5.56 Å². The van der Waals surface area contributed by atoms with E-state index in [1.54, 1.807) is 11.0 Å². The molecule has 1 N–H and O–H groups in total. The fourth-order valence-electron chi connectivity index (χ4n) is 2.89. The van der Waals surface area contributed by atoms with Gasteiger partial charge in [0.2, 0.25) is 0 Å². The second kappa shape index (κ2) is 5.77. The molecule has 0 aliphatic carbocycles. The van der Waals surface area contributed by atoms with Gasteiger partial charge in [-0.3, -0.25) is 4.79 Å². The normalized spacial score (nSPS) is 11.0. The van der Waals surface area contributed by atoms with Crippen molar-refractivity contribution in [3.05, 3.63) is 82.7 Å². The van der Waals surface area contributed by atoms with Crippen LogP contribution >= 0.6 is 0 Å². The first kappa shape index (κ1) is 14.4. The highest BCUT2D eigenvalue weighted by Crippen LogP contribution is 2.22. The molecule has 4 rings (SSSR count). The molecule has 24 heavy (non-hydrogen) atoms. The van der Waals surface area contributed by atoms with Crippen molar-refractivity contribution < 1.29 is 0 Å². The third-order valence-corrected chi connectivity index (χ3v) is 4.18. The number of nitrogens with zero attached hydrogens (tertiary/aromatic N) is 3. The highest BCUT2D eigenvalue weighted by atomic mass is 16.1. The van der Waals surface area contributed by atoms with E-state index in [-0.39, 0.29) is 5.56 Å². The molecule has 2 aromatic carbocycles. The molecule has 0 amide bonds. The third-order valence-electron chi connectivity index (χ3n) is 4.18. The van der Waals surface area contributed by atoms with Crippen LogP contribution in [0.3, 0.4) is 0 Å². The number of hydrogen-bond acceptors (Lipinski definition) is 3. The van der Waals surface area contributed by atoms with Crippen LogP contribution in [0, 0.1) is 6.92 Å². The van der Waals surface area contributed by atoms with Crippen LogP contribution in [0.25, 0.3) is 22.0 Å². The first-order valence-electron chi connectivity index (χ1n) is 7.75. The van der Waals surface area contributed by atoms with Crippen molar-refractivity contribution in [1.29, 1.82) is 0 Å². The summed E-state index contributed by atoms with van der Waals surface area (Å²) in [5.41, 5.74) is 3.98. The molecule has 4 aromatic rings. The van der Waals surface area contributed by atoms with Crippen LogP contribution in [0.1, 0.15) is 11.1 Å². The summed E-state index contributed by atoms with van der Waals surface area (Å²) in [6.07, 6.45) is 3.22. The maximum absolute atomic E-state index is 12.3. The summed E-state index contributed by atoms with van der Waals surface area (Å²) >= 11 is 0. The van der Waals surface area contributed by atoms with Crippen molar-refractivity contribution >= 4 is 10.8 Å². The zero-order chi connectivity index (χ0) is 16.5. The predicted molar refractivity (Wildman–Crippen MR) is 93.9 cm³/mol. The number of aryl methyl sites for hydroxylation is 1. The van der Waals surface area contributed by atoms with Gasteiger partial charge in [-0.25, -0.2) is 9.67 Å². The Hall–Kier alpha value is -3.21. The van der Waals surface area contributed by atoms with E-state index >= 15 is 0 Å². The number of rotatable bonds is 3. The minimum atomic E-state index is -0.0575. The van der Waals surface area contributed by atoms with E-state index in [9.17, 15) is 4.79 Å². The number of nitrogens with one attached hydrogen (secondary N) is 1. The van der Waals surface area contributed by atoms with Gasteiger partial charge in [-0.1, -0.05) is 36.4 Å². The van der Waals surface area contributed by atoms with Gasteiger partial charge in [-0.15, -0.1) is 0 Å². The van der Waals surface area contributed by atoms with Gasteiger partial charge in [-0.2, -0.15) is 5.10 Å². The summed E-state index contributed by atoms with van der Waals surface area (Å²) in [4.78, 5) is 19.2. The van der Waals surface area contributed by atoms with Gasteiger partial charge in [0.05, 0.1) is 6.54 Å². The lowest BCUT2D eigenvalue weighted by Crippen LogP contribution is -2.07. The van der Waals surface area contributed by atoms with Crippen molar-refractivity contribution in [1.82, 2.24) is 19.7 Å². The van der Waals surface area contributed by atoms with Crippen LogP contribution in [0.2, 0.25) is 0 Å². The zero-order valence-corrected chi connectivity index (χ0v) is 13.2. The van der Waals surface area contributed by atoms with Gasteiger partial charge >= 0.3 is 0 Å². The van der Waals surface area contributed by atoms with Crippen molar-refractivity contribution in [3.8, 4) is 11.3 Å². The Morgan fingerprint density at radius 2 is 1.92 bits per heavy atom. The minimum absolute atomic E-state index is 0.0575. The Morgan fingerprint density at radius 1 is 1.08 bits per heavy atom. The number of aromatic nitrogens is 4. The highest BCUT2D eigenvalue weighted by molar-refractivity contribution is 5.87. The molecule has 0 aliphatic heterocycles. The first-order valence-corrected chi connectivity index (χ1v) is 7.75. The van der Waals surface area contributed by atoms with Crippen molar-refractivity contribution in [3.63, 3.8) is 0 Å². The topological polar surface area (TPSA) is 63.6 Å². The summed E-state index contributed by atoms with van der Waals surface area (Å²) < 4.78 is 1.77. The van der Waals surface area contributed by atoms with Gasteiger partial charge in [0, 0.05) is 11.1 Å². The number of fused-ring (bicyclic) bond motifs is 1. The number of pyridine rings is 1. The van der Waals surface area contributed by atoms with Gasteiger partial charge in [0.15, 0.2) is 0 Å². The monoisotopic (exact) mass is 316 g/mol. The number of hydrogen-bond donors (Lipinski definition) is 1.